The number of hydrogen-bond acceptors (Lipinski definition) is 8. The molecule has 0 aliphatic heterocycles. The number of nitrogens with zero attached hydrogens (tertiary/aromatic N) is 6. The van der Waals surface area contributed by atoms with Crippen LogP contribution in [0.3, 0.4) is 0 Å². The normalized spacial score (nSPS) is 12.3. The van der Waals surface area contributed by atoms with Gasteiger partial charge in [0.05, 0.1) is 0 Å². The number of hydrogen-bond donors (Lipinski definition) is 2. The largest absolute Gasteiger partial charge is 0.368 e. The minimum atomic E-state index is 0.151. The molecule has 102 valence electrons. The van der Waals surface area contributed by atoms with E-state index in [0.717, 1.165) is 11.5 Å². The van der Waals surface area contributed by atoms with Gasteiger partial charge < -0.3 is 11.1 Å². The topological polar surface area (TPSA) is 107 Å². The van der Waals surface area contributed by atoms with Gasteiger partial charge in [-0.3, -0.25) is 0 Å². The van der Waals surface area contributed by atoms with Crippen LogP contribution in [0.1, 0.15) is 13.8 Å². The summed E-state index contributed by atoms with van der Waals surface area (Å²) in [4.78, 5) is 16.2. The minimum absolute atomic E-state index is 0.151. The molecule has 8 nitrogen and oxygen atoms in total. The van der Waals surface area contributed by atoms with Crippen LogP contribution in [-0.2, 0) is 0 Å². The van der Waals surface area contributed by atoms with Crippen LogP contribution in [-0.4, -0.2) is 47.3 Å². The molecule has 0 radical (unpaired) electrons. The van der Waals surface area contributed by atoms with E-state index < -0.39 is 0 Å². The third-order valence-electron chi connectivity index (χ3n) is 2.21. The molecule has 3 N–H and O–H groups in total. The van der Waals surface area contributed by atoms with Crippen molar-refractivity contribution in [1.29, 1.82) is 0 Å². The van der Waals surface area contributed by atoms with Gasteiger partial charge in [-0.05, 0) is 12.7 Å². The second kappa shape index (κ2) is 6.32. The first-order valence-corrected chi connectivity index (χ1v) is 7.05. The van der Waals surface area contributed by atoms with Crippen molar-refractivity contribution in [2.75, 3.05) is 22.6 Å². The van der Waals surface area contributed by atoms with E-state index >= 15 is 0 Å². The fraction of sp³-hybridized carbons (Fsp3) is 0.500. The quantitative estimate of drug-likeness (QED) is 0.791. The van der Waals surface area contributed by atoms with Crippen LogP contribution >= 0.6 is 11.8 Å². The molecule has 1 atom stereocenters. The van der Waals surface area contributed by atoms with Crippen molar-refractivity contribution in [2.24, 2.45) is 0 Å². The van der Waals surface area contributed by atoms with Gasteiger partial charge in [0.1, 0.15) is 12.7 Å². The molecule has 0 bridgehead atoms. The Bertz CT molecular complexity index is 514. The second-order valence-corrected chi connectivity index (χ2v) is 5.18. The summed E-state index contributed by atoms with van der Waals surface area (Å²) in [5, 5.41) is 7.16. The molecule has 2 aromatic rings. The molecule has 0 fully saturated rings. The molecule has 2 heterocycles. The highest BCUT2D eigenvalue weighted by atomic mass is 32.2. The lowest BCUT2D eigenvalue weighted by molar-refractivity contribution is 0.789. The van der Waals surface area contributed by atoms with Gasteiger partial charge in [-0.1, -0.05) is 6.92 Å². The third-order valence-corrected chi connectivity index (χ3v) is 3.36. The monoisotopic (exact) mass is 280 g/mol. The highest BCUT2D eigenvalue weighted by molar-refractivity contribution is 7.99. The van der Waals surface area contributed by atoms with Crippen molar-refractivity contribution >= 4 is 23.7 Å². The lowest BCUT2D eigenvalue weighted by Gasteiger charge is -2.13. The molecular formula is C10H16N8S. The molecule has 1 unspecified atom stereocenters. The summed E-state index contributed by atoms with van der Waals surface area (Å²) in [6.07, 6.45) is 2.92. The molecule has 0 spiro atoms. The van der Waals surface area contributed by atoms with E-state index in [1.54, 1.807) is 0 Å². The first-order chi connectivity index (χ1) is 9.19. The summed E-state index contributed by atoms with van der Waals surface area (Å²) in [7, 11) is 0. The predicted octanol–water partition coefficient (Wildman–Crippen LogP) is 0.588. The SMILES string of the molecule is CCSCC(C)Nc1nc(N)nc(-n2cncn2)n1. The zero-order chi connectivity index (χ0) is 13.7. The zero-order valence-corrected chi connectivity index (χ0v) is 11.6. The van der Waals surface area contributed by atoms with Gasteiger partial charge in [-0.15, -0.1) is 0 Å². The van der Waals surface area contributed by atoms with E-state index in [1.165, 1.54) is 17.3 Å². The number of nitrogens with two attached hydrogens (primary N) is 1. The van der Waals surface area contributed by atoms with Gasteiger partial charge in [-0.2, -0.15) is 36.5 Å². The average molecular weight is 280 g/mol. The van der Waals surface area contributed by atoms with E-state index in [-0.39, 0.29) is 12.0 Å². The Labute approximate surface area is 115 Å². The maximum absolute atomic E-state index is 5.67. The van der Waals surface area contributed by atoms with Gasteiger partial charge in [0.2, 0.25) is 11.9 Å². The summed E-state index contributed by atoms with van der Waals surface area (Å²) in [5.41, 5.74) is 5.67. The van der Waals surface area contributed by atoms with E-state index in [1.807, 2.05) is 11.8 Å². The standard InChI is InChI=1S/C10H16N8S/c1-3-19-4-7(2)14-9-15-8(11)16-10(17-9)18-6-12-5-13-18/h5-7H,3-4H2,1-2H3,(H3,11,14,15,16,17). The molecule has 0 saturated heterocycles. The Morgan fingerprint density at radius 3 is 2.95 bits per heavy atom. The van der Waals surface area contributed by atoms with E-state index in [4.69, 9.17) is 5.73 Å². The van der Waals surface area contributed by atoms with Crippen LogP contribution < -0.4 is 11.1 Å². The maximum Gasteiger partial charge on any atom is 0.258 e. The van der Waals surface area contributed by atoms with E-state index in [0.29, 0.717) is 11.9 Å². The van der Waals surface area contributed by atoms with Gasteiger partial charge >= 0.3 is 0 Å². The van der Waals surface area contributed by atoms with E-state index in [2.05, 4.69) is 44.2 Å². The highest BCUT2D eigenvalue weighted by Crippen LogP contribution is 2.09. The molecule has 19 heavy (non-hydrogen) atoms. The number of nitrogen functional groups attached to an aromatic ring is 1. The highest BCUT2D eigenvalue weighted by Gasteiger charge is 2.09. The number of anilines is 2. The van der Waals surface area contributed by atoms with Crippen molar-refractivity contribution in [3.63, 3.8) is 0 Å². The van der Waals surface area contributed by atoms with Crippen LogP contribution in [0.2, 0.25) is 0 Å². The van der Waals surface area contributed by atoms with Gasteiger partial charge in [0.25, 0.3) is 5.95 Å². The molecule has 2 rings (SSSR count). The Balaban J connectivity index is 2.13. The summed E-state index contributed by atoms with van der Waals surface area (Å²) in [6, 6.07) is 0.246. The van der Waals surface area contributed by atoms with E-state index in [9.17, 15) is 0 Å². The van der Waals surface area contributed by atoms with Crippen molar-refractivity contribution in [1.82, 2.24) is 29.7 Å². The molecule has 0 aromatic carbocycles. The lowest BCUT2D eigenvalue weighted by atomic mass is 10.4. The van der Waals surface area contributed by atoms with Gasteiger partial charge in [0.15, 0.2) is 0 Å². The van der Waals surface area contributed by atoms with Crippen LogP contribution in [0, 0.1) is 0 Å². The third kappa shape index (κ3) is 3.78. The number of aromatic nitrogens is 6. The number of nitrogens with one attached hydrogen (secondary N) is 1. The van der Waals surface area contributed by atoms with Crippen LogP contribution in [0.25, 0.3) is 5.95 Å². The van der Waals surface area contributed by atoms with Crippen molar-refractivity contribution in [3.05, 3.63) is 12.7 Å². The second-order valence-electron chi connectivity index (χ2n) is 3.86. The summed E-state index contributed by atoms with van der Waals surface area (Å²) in [5.74, 6) is 3.00. The van der Waals surface area contributed by atoms with Crippen LogP contribution in [0.15, 0.2) is 12.7 Å². The molecular weight excluding hydrogens is 264 g/mol. The Morgan fingerprint density at radius 2 is 2.26 bits per heavy atom. The summed E-state index contributed by atoms with van der Waals surface area (Å²) >= 11 is 1.85. The fourth-order valence-electron chi connectivity index (χ4n) is 1.42. The maximum atomic E-state index is 5.67. The predicted molar refractivity (Wildman–Crippen MR) is 75.2 cm³/mol. The molecule has 0 aliphatic carbocycles. The fourth-order valence-corrected chi connectivity index (χ4v) is 2.09. The Hall–Kier alpha value is -1.90. The summed E-state index contributed by atoms with van der Waals surface area (Å²) in [6.45, 7) is 4.19. The first-order valence-electron chi connectivity index (χ1n) is 5.90. The smallest absolute Gasteiger partial charge is 0.258 e. The number of thioether (sulfide) groups is 1. The average Bonchev–Trinajstić information content (AvgIpc) is 2.89. The lowest BCUT2D eigenvalue weighted by Crippen LogP contribution is -2.21. The molecule has 0 amide bonds. The van der Waals surface area contributed by atoms with Crippen molar-refractivity contribution < 1.29 is 0 Å². The molecule has 9 heteroatoms. The molecule has 0 saturated carbocycles. The first kappa shape index (κ1) is 13.5. The minimum Gasteiger partial charge on any atom is -0.368 e. The van der Waals surface area contributed by atoms with Crippen LogP contribution in [0.5, 0.6) is 0 Å². The molecule has 2 aromatic heterocycles. The van der Waals surface area contributed by atoms with Gasteiger partial charge in [0, 0.05) is 11.8 Å². The summed E-state index contributed by atoms with van der Waals surface area (Å²) < 4.78 is 1.44. The van der Waals surface area contributed by atoms with Crippen molar-refractivity contribution in [3.8, 4) is 5.95 Å². The van der Waals surface area contributed by atoms with Crippen LogP contribution in [0.4, 0.5) is 11.9 Å². The Morgan fingerprint density at radius 1 is 1.42 bits per heavy atom. The van der Waals surface area contributed by atoms with Gasteiger partial charge in [-0.25, -0.2) is 4.98 Å². The Kier molecular flexibility index (Phi) is 4.50. The van der Waals surface area contributed by atoms with Crippen molar-refractivity contribution in [2.45, 2.75) is 19.9 Å². The molecule has 0 aliphatic rings. The number of rotatable bonds is 6. The zero-order valence-electron chi connectivity index (χ0n) is 10.8.